The molecule has 1 atom stereocenters. The molecule has 0 saturated carbocycles. The van der Waals surface area contributed by atoms with E-state index >= 15 is 0 Å². The van der Waals surface area contributed by atoms with Crippen molar-refractivity contribution in [1.29, 1.82) is 0 Å². The van der Waals surface area contributed by atoms with Crippen molar-refractivity contribution in [1.82, 2.24) is 10.3 Å². The van der Waals surface area contributed by atoms with Gasteiger partial charge in [0.25, 0.3) is 0 Å². The van der Waals surface area contributed by atoms with Gasteiger partial charge in [-0.3, -0.25) is 9.78 Å². The summed E-state index contributed by atoms with van der Waals surface area (Å²) in [5, 5.41) is 3.14. The number of carbonyl (C=O) groups is 1. The number of nitrogens with one attached hydrogen (secondary N) is 1. The lowest BCUT2D eigenvalue weighted by molar-refractivity contribution is -0.143. The molecule has 0 bridgehead atoms. The molecule has 4 nitrogen and oxygen atoms in total. The van der Waals surface area contributed by atoms with Crippen molar-refractivity contribution in [3.63, 3.8) is 0 Å². The van der Waals surface area contributed by atoms with Crippen LogP contribution < -0.4 is 5.32 Å². The van der Waals surface area contributed by atoms with Crippen molar-refractivity contribution in [2.24, 2.45) is 0 Å². The molecular weight excluding hydrogens is 307 g/mol. The van der Waals surface area contributed by atoms with Gasteiger partial charge in [-0.25, -0.2) is 4.39 Å². The van der Waals surface area contributed by atoms with Crippen molar-refractivity contribution < 1.29 is 13.9 Å². The lowest BCUT2D eigenvalue weighted by Crippen LogP contribution is -2.21. The normalized spacial score (nSPS) is 12.0. The number of pyridine rings is 1. The Balaban J connectivity index is 2.36. The lowest BCUT2D eigenvalue weighted by atomic mass is 9.96. The lowest BCUT2D eigenvalue weighted by Gasteiger charge is -2.17. The standard InChI is InChI=1S/C19H23FN2O2/c1-5-24-18(23)11-16(21-4)14-6-7-22-17(10-14)19-12(2)8-15(20)9-13(19)3/h6-10,16,21H,5,11H2,1-4H3/t16-/m0/s1. The highest BCUT2D eigenvalue weighted by molar-refractivity contribution is 5.71. The number of carbonyl (C=O) groups excluding carboxylic acids is 1. The highest BCUT2D eigenvalue weighted by Gasteiger charge is 2.17. The summed E-state index contributed by atoms with van der Waals surface area (Å²) in [5.74, 6) is -0.496. The fourth-order valence-corrected chi connectivity index (χ4v) is 2.89. The first kappa shape index (κ1) is 18.1. The first-order valence-electron chi connectivity index (χ1n) is 8.02. The summed E-state index contributed by atoms with van der Waals surface area (Å²) in [6.45, 7) is 5.89. The molecule has 2 rings (SSSR count). The molecule has 0 saturated heterocycles. The van der Waals surface area contributed by atoms with E-state index in [0.29, 0.717) is 6.61 Å². The summed E-state index contributed by atoms with van der Waals surface area (Å²) in [6.07, 6.45) is 1.96. The summed E-state index contributed by atoms with van der Waals surface area (Å²) in [6, 6.07) is 6.66. The average molecular weight is 330 g/mol. The predicted octanol–water partition coefficient (Wildman–Crippen LogP) is 3.72. The van der Waals surface area contributed by atoms with Crippen LogP contribution in [0.2, 0.25) is 0 Å². The number of benzene rings is 1. The molecular formula is C19H23FN2O2. The van der Waals surface area contributed by atoms with Crippen LogP contribution in [0.15, 0.2) is 30.5 Å². The molecule has 0 aliphatic heterocycles. The maximum absolute atomic E-state index is 13.5. The van der Waals surface area contributed by atoms with E-state index in [1.54, 1.807) is 20.2 Å². The van der Waals surface area contributed by atoms with Gasteiger partial charge in [0.15, 0.2) is 0 Å². The maximum Gasteiger partial charge on any atom is 0.307 e. The Morgan fingerprint density at radius 3 is 2.54 bits per heavy atom. The van der Waals surface area contributed by atoms with Crippen molar-refractivity contribution in [2.45, 2.75) is 33.2 Å². The zero-order chi connectivity index (χ0) is 17.7. The van der Waals surface area contributed by atoms with Crippen LogP contribution in [0.4, 0.5) is 4.39 Å². The molecule has 1 heterocycles. The van der Waals surface area contributed by atoms with Gasteiger partial charge in [-0.15, -0.1) is 0 Å². The van der Waals surface area contributed by atoms with Crippen LogP contribution in [0.25, 0.3) is 11.3 Å². The molecule has 0 unspecified atom stereocenters. The maximum atomic E-state index is 13.5. The van der Waals surface area contributed by atoms with E-state index in [1.807, 2.05) is 26.0 Å². The van der Waals surface area contributed by atoms with Gasteiger partial charge in [-0.2, -0.15) is 0 Å². The number of rotatable bonds is 6. The third-order valence-electron chi connectivity index (χ3n) is 3.96. The summed E-state index contributed by atoms with van der Waals surface area (Å²) < 4.78 is 18.5. The number of aromatic nitrogens is 1. The number of hydrogen-bond donors (Lipinski definition) is 1. The minimum absolute atomic E-state index is 0.160. The van der Waals surface area contributed by atoms with E-state index in [1.165, 1.54) is 12.1 Å². The van der Waals surface area contributed by atoms with Crippen LogP contribution in [-0.4, -0.2) is 24.6 Å². The number of nitrogens with zero attached hydrogens (tertiary/aromatic N) is 1. The minimum atomic E-state index is -0.250. The predicted molar refractivity (Wildman–Crippen MR) is 92.2 cm³/mol. The highest BCUT2D eigenvalue weighted by Crippen LogP contribution is 2.29. The summed E-state index contributed by atoms with van der Waals surface area (Å²) in [7, 11) is 1.80. The Hall–Kier alpha value is -2.27. The molecule has 0 radical (unpaired) electrons. The molecule has 1 aromatic carbocycles. The molecule has 0 aliphatic rings. The Labute approximate surface area is 142 Å². The number of aryl methyl sites for hydroxylation is 2. The zero-order valence-corrected chi connectivity index (χ0v) is 14.5. The largest absolute Gasteiger partial charge is 0.466 e. The molecule has 0 fully saturated rings. The van der Waals surface area contributed by atoms with Gasteiger partial charge in [0.05, 0.1) is 18.7 Å². The molecule has 24 heavy (non-hydrogen) atoms. The summed E-state index contributed by atoms with van der Waals surface area (Å²) >= 11 is 0. The van der Waals surface area contributed by atoms with E-state index in [2.05, 4.69) is 10.3 Å². The van der Waals surface area contributed by atoms with Crippen molar-refractivity contribution >= 4 is 5.97 Å². The van der Waals surface area contributed by atoms with Crippen LogP contribution in [0.3, 0.4) is 0 Å². The fraction of sp³-hybridized carbons (Fsp3) is 0.368. The van der Waals surface area contributed by atoms with Gasteiger partial charge in [0.1, 0.15) is 5.82 Å². The van der Waals surface area contributed by atoms with Crippen LogP contribution >= 0.6 is 0 Å². The SMILES string of the molecule is CCOC(=O)C[C@H](NC)c1ccnc(-c2c(C)cc(F)cc2C)c1. The van der Waals surface area contributed by atoms with Gasteiger partial charge < -0.3 is 10.1 Å². The minimum Gasteiger partial charge on any atom is -0.466 e. The molecule has 128 valence electrons. The van der Waals surface area contributed by atoms with Crippen LogP contribution in [0.1, 0.15) is 36.1 Å². The van der Waals surface area contributed by atoms with Crippen LogP contribution in [0, 0.1) is 19.7 Å². The highest BCUT2D eigenvalue weighted by atomic mass is 19.1. The van der Waals surface area contributed by atoms with Crippen molar-refractivity contribution in [3.05, 3.63) is 53.0 Å². The molecule has 1 N–H and O–H groups in total. The van der Waals surface area contributed by atoms with Gasteiger partial charge in [0.2, 0.25) is 0 Å². The Kier molecular flexibility index (Phi) is 6.04. The summed E-state index contributed by atoms with van der Waals surface area (Å²) in [5.41, 5.74) is 4.31. The van der Waals surface area contributed by atoms with Gasteiger partial charge in [0, 0.05) is 17.8 Å². The van der Waals surface area contributed by atoms with Crippen molar-refractivity contribution in [3.8, 4) is 11.3 Å². The van der Waals surface area contributed by atoms with E-state index < -0.39 is 0 Å². The topological polar surface area (TPSA) is 51.2 Å². The zero-order valence-electron chi connectivity index (χ0n) is 14.5. The van der Waals surface area contributed by atoms with E-state index in [9.17, 15) is 9.18 Å². The van der Waals surface area contributed by atoms with E-state index in [4.69, 9.17) is 4.74 Å². The molecule has 0 spiro atoms. The number of hydrogen-bond acceptors (Lipinski definition) is 4. The van der Waals surface area contributed by atoms with Crippen LogP contribution in [0.5, 0.6) is 0 Å². The molecule has 5 heteroatoms. The number of ether oxygens (including phenoxy) is 1. The number of halogens is 1. The fourth-order valence-electron chi connectivity index (χ4n) is 2.89. The quantitative estimate of drug-likeness (QED) is 0.820. The second kappa shape index (κ2) is 8.02. The van der Waals surface area contributed by atoms with Gasteiger partial charge in [-0.05, 0) is 68.8 Å². The molecule has 0 amide bonds. The van der Waals surface area contributed by atoms with E-state index in [0.717, 1.165) is 27.9 Å². The Bertz CT molecular complexity index is 708. The Morgan fingerprint density at radius 1 is 1.29 bits per heavy atom. The third kappa shape index (κ3) is 4.17. The van der Waals surface area contributed by atoms with Gasteiger partial charge >= 0.3 is 5.97 Å². The molecule has 1 aromatic heterocycles. The van der Waals surface area contributed by atoms with E-state index in [-0.39, 0.29) is 24.2 Å². The van der Waals surface area contributed by atoms with Crippen molar-refractivity contribution in [2.75, 3.05) is 13.7 Å². The third-order valence-corrected chi connectivity index (χ3v) is 3.96. The smallest absolute Gasteiger partial charge is 0.307 e. The summed E-state index contributed by atoms with van der Waals surface area (Å²) in [4.78, 5) is 16.2. The first-order valence-corrected chi connectivity index (χ1v) is 8.02. The molecule has 2 aromatic rings. The average Bonchev–Trinajstić information content (AvgIpc) is 2.52. The monoisotopic (exact) mass is 330 g/mol. The first-order chi connectivity index (χ1) is 11.5. The Morgan fingerprint density at radius 2 is 1.96 bits per heavy atom. The second-order valence-electron chi connectivity index (χ2n) is 5.74. The van der Waals surface area contributed by atoms with Gasteiger partial charge in [-0.1, -0.05) is 0 Å². The van der Waals surface area contributed by atoms with Crippen LogP contribution in [-0.2, 0) is 9.53 Å². The second-order valence-corrected chi connectivity index (χ2v) is 5.74. The molecule has 0 aliphatic carbocycles. The number of esters is 1.